The van der Waals surface area contributed by atoms with Crippen LogP contribution in [0.1, 0.15) is 43.9 Å². The van der Waals surface area contributed by atoms with Crippen LogP contribution in [-0.2, 0) is 16.6 Å². The van der Waals surface area contributed by atoms with Gasteiger partial charge in [-0.3, -0.25) is 4.79 Å². The maximum atomic E-state index is 10.6. The second-order valence-electron chi connectivity index (χ2n) is 5.40. The molecule has 0 saturated heterocycles. The molecule has 2 N–H and O–H groups in total. The molecular formula is C14H20O3. The van der Waals surface area contributed by atoms with Crippen molar-refractivity contribution in [1.29, 1.82) is 0 Å². The fourth-order valence-electron chi connectivity index (χ4n) is 2.28. The molecule has 1 aromatic rings. The van der Waals surface area contributed by atoms with Crippen molar-refractivity contribution in [2.24, 2.45) is 0 Å². The van der Waals surface area contributed by atoms with Gasteiger partial charge in [-0.1, -0.05) is 26.8 Å². The minimum Gasteiger partial charge on any atom is -0.508 e. The molecule has 0 fully saturated rings. The zero-order valence-corrected chi connectivity index (χ0v) is 10.9. The third-order valence-electron chi connectivity index (χ3n) is 2.84. The summed E-state index contributed by atoms with van der Waals surface area (Å²) in [6.07, 6.45) is 0.412. The minimum absolute atomic E-state index is 0.0418. The Morgan fingerprint density at radius 2 is 1.88 bits per heavy atom. The van der Waals surface area contributed by atoms with E-state index in [4.69, 9.17) is 5.11 Å². The van der Waals surface area contributed by atoms with E-state index in [1.54, 1.807) is 6.07 Å². The van der Waals surface area contributed by atoms with Crippen LogP contribution in [0.15, 0.2) is 12.1 Å². The summed E-state index contributed by atoms with van der Waals surface area (Å²) in [4.78, 5) is 10.6. The number of carboxylic acids is 1. The lowest BCUT2D eigenvalue weighted by Gasteiger charge is -2.26. The van der Waals surface area contributed by atoms with Gasteiger partial charge in [0.25, 0.3) is 0 Å². The van der Waals surface area contributed by atoms with E-state index in [9.17, 15) is 9.90 Å². The average Bonchev–Trinajstić information content (AvgIpc) is 2.17. The molecule has 0 spiro atoms. The van der Waals surface area contributed by atoms with E-state index in [-0.39, 0.29) is 17.6 Å². The van der Waals surface area contributed by atoms with E-state index in [2.05, 4.69) is 20.8 Å². The number of rotatable bonds is 3. The average molecular weight is 236 g/mol. The molecular weight excluding hydrogens is 216 g/mol. The van der Waals surface area contributed by atoms with Crippen LogP contribution in [0.25, 0.3) is 0 Å². The number of hydrogen-bond donors (Lipinski definition) is 2. The number of aliphatic carboxylic acids is 1. The van der Waals surface area contributed by atoms with Gasteiger partial charge in [0, 0.05) is 6.42 Å². The van der Waals surface area contributed by atoms with Gasteiger partial charge in [-0.05, 0) is 41.5 Å². The van der Waals surface area contributed by atoms with Gasteiger partial charge < -0.3 is 10.2 Å². The van der Waals surface area contributed by atoms with E-state index in [1.165, 1.54) is 0 Å². The van der Waals surface area contributed by atoms with Crippen molar-refractivity contribution in [2.75, 3.05) is 0 Å². The Hall–Kier alpha value is -1.51. The molecule has 0 radical (unpaired) electrons. The number of aromatic hydroxyl groups is 1. The van der Waals surface area contributed by atoms with Crippen LogP contribution in [0.4, 0.5) is 0 Å². The molecule has 0 aromatic heterocycles. The van der Waals surface area contributed by atoms with E-state index >= 15 is 0 Å². The molecule has 3 heteroatoms. The fraction of sp³-hybridized carbons (Fsp3) is 0.500. The summed E-state index contributed by atoms with van der Waals surface area (Å²) < 4.78 is 0. The van der Waals surface area contributed by atoms with E-state index < -0.39 is 5.97 Å². The highest BCUT2D eigenvalue weighted by Gasteiger charge is 2.22. The molecule has 0 aliphatic carbocycles. The van der Waals surface area contributed by atoms with Crippen LogP contribution in [0.2, 0.25) is 0 Å². The largest absolute Gasteiger partial charge is 0.508 e. The highest BCUT2D eigenvalue weighted by atomic mass is 16.4. The third-order valence-corrected chi connectivity index (χ3v) is 2.84. The highest BCUT2D eigenvalue weighted by Crippen LogP contribution is 2.34. The number of benzene rings is 1. The summed E-state index contributed by atoms with van der Waals surface area (Å²) in [7, 11) is 0. The van der Waals surface area contributed by atoms with Crippen molar-refractivity contribution in [3.63, 3.8) is 0 Å². The van der Waals surface area contributed by atoms with Crippen molar-refractivity contribution in [3.05, 3.63) is 28.8 Å². The molecule has 0 atom stereocenters. The molecule has 1 rings (SSSR count). The van der Waals surface area contributed by atoms with Crippen LogP contribution in [0, 0.1) is 6.92 Å². The Morgan fingerprint density at radius 3 is 2.35 bits per heavy atom. The van der Waals surface area contributed by atoms with Crippen LogP contribution in [0.3, 0.4) is 0 Å². The lowest BCUT2D eigenvalue weighted by molar-refractivity contribution is -0.136. The molecule has 94 valence electrons. The van der Waals surface area contributed by atoms with E-state index in [1.807, 2.05) is 13.0 Å². The number of aryl methyl sites for hydroxylation is 1. The zero-order valence-electron chi connectivity index (χ0n) is 10.9. The fourth-order valence-corrected chi connectivity index (χ4v) is 2.28. The molecule has 0 saturated carbocycles. The molecule has 3 nitrogen and oxygen atoms in total. The Labute approximate surface area is 102 Å². The second-order valence-corrected chi connectivity index (χ2v) is 5.40. The van der Waals surface area contributed by atoms with Gasteiger partial charge >= 0.3 is 5.97 Å². The molecule has 0 heterocycles. The number of hydrogen-bond acceptors (Lipinski definition) is 2. The molecule has 17 heavy (non-hydrogen) atoms. The quantitative estimate of drug-likeness (QED) is 0.848. The topological polar surface area (TPSA) is 57.5 Å². The summed E-state index contributed by atoms with van der Waals surface area (Å²) in [6, 6.07) is 3.52. The van der Waals surface area contributed by atoms with Crippen LogP contribution >= 0.6 is 0 Å². The van der Waals surface area contributed by atoms with Gasteiger partial charge in [0.1, 0.15) is 5.75 Å². The molecule has 0 unspecified atom stereocenters. The third kappa shape index (κ3) is 3.22. The zero-order chi connectivity index (χ0) is 13.2. The van der Waals surface area contributed by atoms with Crippen LogP contribution in [0.5, 0.6) is 5.75 Å². The van der Waals surface area contributed by atoms with Crippen LogP contribution < -0.4 is 0 Å². The number of carboxylic acid groups (broad SMARTS) is 1. The second kappa shape index (κ2) is 4.78. The van der Waals surface area contributed by atoms with Crippen molar-refractivity contribution >= 4 is 5.97 Å². The summed E-state index contributed by atoms with van der Waals surface area (Å²) >= 11 is 0. The lowest BCUT2D eigenvalue weighted by Crippen LogP contribution is -2.17. The minimum atomic E-state index is -0.842. The molecule has 0 amide bonds. The molecule has 0 bridgehead atoms. The van der Waals surface area contributed by atoms with Gasteiger partial charge in [0.15, 0.2) is 0 Å². The predicted molar refractivity (Wildman–Crippen MR) is 67.5 cm³/mol. The maximum absolute atomic E-state index is 10.6. The van der Waals surface area contributed by atoms with Gasteiger partial charge in [-0.2, -0.15) is 0 Å². The Morgan fingerprint density at radius 1 is 1.29 bits per heavy atom. The molecule has 0 aliphatic rings. The van der Waals surface area contributed by atoms with Gasteiger partial charge in [-0.25, -0.2) is 0 Å². The SMILES string of the molecule is Cc1ccc(O)c(CCC(=O)O)c1C(C)(C)C. The summed E-state index contributed by atoms with van der Waals surface area (Å²) in [6.45, 7) is 8.20. The first-order chi connectivity index (χ1) is 7.73. The normalized spacial score (nSPS) is 11.5. The van der Waals surface area contributed by atoms with Gasteiger partial charge in [-0.15, -0.1) is 0 Å². The number of phenols is 1. The summed E-state index contributed by atoms with van der Waals surface area (Å²) in [5.41, 5.74) is 2.81. The molecule has 0 aliphatic heterocycles. The Balaban J connectivity index is 3.25. The lowest BCUT2D eigenvalue weighted by atomic mass is 9.79. The van der Waals surface area contributed by atoms with Crippen molar-refractivity contribution < 1.29 is 15.0 Å². The van der Waals surface area contributed by atoms with E-state index in [0.717, 1.165) is 16.7 Å². The van der Waals surface area contributed by atoms with Crippen molar-refractivity contribution in [3.8, 4) is 5.75 Å². The van der Waals surface area contributed by atoms with Crippen molar-refractivity contribution in [2.45, 2.75) is 46.0 Å². The highest BCUT2D eigenvalue weighted by molar-refractivity contribution is 5.67. The first kappa shape index (κ1) is 13.6. The number of phenolic OH excluding ortho intramolecular Hbond substituents is 1. The van der Waals surface area contributed by atoms with Crippen molar-refractivity contribution in [1.82, 2.24) is 0 Å². The first-order valence-electron chi connectivity index (χ1n) is 5.77. The Kier molecular flexibility index (Phi) is 3.81. The first-order valence-corrected chi connectivity index (χ1v) is 5.77. The monoisotopic (exact) mass is 236 g/mol. The maximum Gasteiger partial charge on any atom is 0.303 e. The smallest absolute Gasteiger partial charge is 0.303 e. The van der Waals surface area contributed by atoms with Gasteiger partial charge in [0.05, 0.1) is 0 Å². The van der Waals surface area contributed by atoms with E-state index in [0.29, 0.717) is 6.42 Å². The Bertz CT molecular complexity index is 428. The van der Waals surface area contributed by atoms with Gasteiger partial charge in [0.2, 0.25) is 0 Å². The molecule has 1 aromatic carbocycles. The summed E-state index contributed by atoms with van der Waals surface area (Å²) in [5.74, 6) is -0.646. The predicted octanol–water partition coefficient (Wildman–Crippen LogP) is 3.02. The number of carbonyl (C=O) groups is 1. The summed E-state index contributed by atoms with van der Waals surface area (Å²) in [5, 5.41) is 18.6. The van der Waals surface area contributed by atoms with Crippen LogP contribution in [-0.4, -0.2) is 16.2 Å². The standard InChI is InChI=1S/C14H20O3/c1-9-5-7-11(15)10(6-8-12(16)17)13(9)14(2,3)4/h5,7,15H,6,8H2,1-4H3,(H,16,17).